The average molecular weight is 444 g/mol. The number of pyridine rings is 1. The standard InChI is InChI=1S/C21H25N5O2S2/c1-3-16(2)17-7-9-18(10-8-17)30(27,28)26-14-12-25(13-15-26)21-24-23-20(29-21)19-6-4-5-11-22-19/h4-11,16H,3,12-15H2,1-2H3. The second-order valence-electron chi connectivity index (χ2n) is 7.37. The molecule has 4 rings (SSSR count). The Labute approximate surface area is 181 Å². The van der Waals surface area contributed by atoms with Crippen molar-refractivity contribution in [2.45, 2.75) is 31.1 Å². The number of piperazine rings is 1. The summed E-state index contributed by atoms with van der Waals surface area (Å²) >= 11 is 1.48. The first-order valence-corrected chi connectivity index (χ1v) is 12.3. The highest BCUT2D eigenvalue weighted by atomic mass is 32.2. The first kappa shape index (κ1) is 20.9. The molecule has 3 heterocycles. The van der Waals surface area contributed by atoms with Gasteiger partial charge in [-0.15, -0.1) is 10.2 Å². The summed E-state index contributed by atoms with van der Waals surface area (Å²) in [6.07, 6.45) is 2.76. The number of hydrogen-bond donors (Lipinski definition) is 0. The predicted molar refractivity (Wildman–Crippen MR) is 119 cm³/mol. The van der Waals surface area contributed by atoms with Crippen molar-refractivity contribution in [3.63, 3.8) is 0 Å². The van der Waals surface area contributed by atoms with Gasteiger partial charge < -0.3 is 4.90 Å². The van der Waals surface area contributed by atoms with Crippen molar-refractivity contribution in [3.05, 3.63) is 54.2 Å². The Morgan fingerprint density at radius 2 is 1.77 bits per heavy atom. The fourth-order valence-electron chi connectivity index (χ4n) is 3.41. The van der Waals surface area contributed by atoms with Crippen molar-refractivity contribution < 1.29 is 8.42 Å². The van der Waals surface area contributed by atoms with Crippen LogP contribution in [0.2, 0.25) is 0 Å². The lowest BCUT2D eigenvalue weighted by molar-refractivity contribution is 0.384. The van der Waals surface area contributed by atoms with Gasteiger partial charge in [0.25, 0.3) is 0 Å². The number of rotatable bonds is 6. The maximum absolute atomic E-state index is 13.0. The van der Waals surface area contributed by atoms with Gasteiger partial charge in [0, 0.05) is 32.4 Å². The monoisotopic (exact) mass is 443 g/mol. The molecule has 0 bridgehead atoms. The second kappa shape index (κ2) is 8.79. The van der Waals surface area contributed by atoms with E-state index in [9.17, 15) is 8.42 Å². The first-order valence-electron chi connectivity index (χ1n) is 10.1. The molecule has 1 unspecified atom stereocenters. The second-order valence-corrected chi connectivity index (χ2v) is 10.3. The molecule has 1 atom stereocenters. The van der Waals surface area contributed by atoms with E-state index in [1.54, 1.807) is 22.6 Å². The fourth-order valence-corrected chi connectivity index (χ4v) is 5.70. The molecule has 1 saturated heterocycles. The average Bonchev–Trinajstić information content (AvgIpc) is 3.30. The van der Waals surface area contributed by atoms with Crippen molar-refractivity contribution in [1.82, 2.24) is 19.5 Å². The number of hydrogen-bond acceptors (Lipinski definition) is 7. The molecule has 1 aliphatic rings. The third-order valence-electron chi connectivity index (χ3n) is 5.51. The molecule has 1 fully saturated rings. The van der Waals surface area contributed by atoms with Crippen LogP contribution < -0.4 is 4.90 Å². The Kier molecular flexibility index (Phi) is 6.12. The van der Waals surface area contributed by atoms with Crippen molar-refractivity contribution >= 4 is 26.5 Å². The number of anilines is 1. The van der Waals surface area contributed by atoms with Crippen molar-refractivity contribution in [1.29, 1.82) is 0 Å². The molecule has 30 heavy (non-hydrogen) atoms. The van der Waals surface area contributed by atoms with E-state index < -0.39 is 10.0 Å². The Morgan fingerprint density at radius 3 is 2.40 bits per heavy atom. The fraction of sp³-hybridized carbons (Fsp3) is 0.381. The van der Waals surface area contributed by atoms with Crippen molar-refractivity contribution in [2.24, 2.45) is 0 Å². The SMILES string of the molecule is CCC(C)c1ccc(S(=O)(=O)N2CCN(c3nnc(-c4ccccn4)s3)CC2)cc1. The van der Waals surface area contributed by atoms with Gasteiger partial charge in [-0.25, -0.2) is 8.42 Å². The normalized spacial score (nSPS) is 16.5. The van der Waals surface area contributed by atoms with Gasteiger partial charge in [0.2, 0.25) is 15.2 Å². The zero-order valence-corrected chi connectivity index (χ0v) is 18.7. The van der Waals surface area contributed by atoms with Crippen LogP contribution in [0.1, 0.15) is 31.7 Å². The minimum Gasteiger partial charge on any atom is -0.344 e. The number of benzene rings is 1. The molecule has 1 aliphatic heterocycles. The number of sulfonamides is 1. The third kappa shape index (κ3) is 4.23. The largest absolute Gasteiger partial charge is 0.344 e. The van der Waals surface area contributed by atoms with Gasteiger partial charge in [0.15, 0.2) is 5.01 Å². The van der Waals surface area contributed by atoms with Crippen LogP contribution in [0.25, 0.3) is 10.7 Å². The minimum atomic E-state index is -3.49. The Morgan fingerprint density at radius 1 is 1.03 bits per heavy atom. The Bertz CT molecular complexity index is 1080. The maximum atomic E-state index is 13.0. The first-order chi connectivity index (χ1) is 14.5. The Hall–Kier alpha value is -2.36. The summed E-state index contributed by atoms with van der Waals surface area (Å²) in [4.78, 5) is 6.75. The highest BCUT2D eigenvalue weighted by molar-refractivity contribution is 7.89. The smallest absolute Gasteiger partial charge is 0.243 e. The lowest BCUT2D eigenvalue weighted by Gasteiger charge is -2.33. The van der Waals surface area contributed by atoms with E-state index >= 15 is 0 Å². The summed E-state index contributed by atoms with van der Waals surface area (Å²) in [5, 5.41) is 10.1. The Balaban J connectivity index is 1.42. The lowest BCUT2D eigenvalue weighted by Crippen LogP contribution is -2.48. The van der Waals surface area contributed by atoms with Gasteiger partial charge in [0.1, 0.15) is 5.69 Å². The minimum absolute atomic E-state index is 0.358. The van der Waals surface area contributed by atoms with Crippen molar-refractivity contribution in [2.75, 3.05) is 31.1 Å². The highest BCUT2D eigenvalue weighted by Gasteiger charge is 2.29. The molecule has 0 amide bonds. The highest BCUT2D eigenvalue weighted by Crippen LogP contribution is 2.29. The van der Waals surface area contributed by atoms with E-state index in [0.717, 1.165) is 22.3 Å². The summed E-state index contributed by atoms with van der Waals surface area (Å²) in [6.45, 7) is 6.30. The zero-order valence-electron chi connectivity index (χ0n) is 17.1. The van der Waals surface area contributed by atoms with E-state index in [-0.39, 0.29) is 0 Å². The molecule has 9 heteroatoms. The van der Waals surface area contributed by atoms with E-state index in [4.69, 9.17) is 0 Å². The van der Waals surface area contributed by atoms with Crippen LogP contribution in [0.15, 0.2) is 53.6 Å². The van der Waals surface area contributed by atoms with E-state index in [2.05, 4.69) is 33.9 Å². The van der Waals surface area contributed by atoms with Gasteiger partial charge in [-0.3, -0.25) is 4.98 Å². The predicted octanol–water partition coefficient (Wildman–Crippen LogP) is 3.62. The lowest BCUT2D eigenvalue weighted by atomic mass is 9.99. The van der Waals surface area contributed by atoms with Crippen LogP contribution in [-0.2, 0) is 10.0 Å². The quantitative estimate of drug-likeness (QED) is 0.579. The molecular formula is C21H25N5O2S2. The molecule has 0 aliphatic carbocycles. The molecule has 0 N–H and O–H groups in total. The zero-order chi connectivity index (χ0) is 21.1. The van der Waals surface area contributed by atoms with Crippen LogP contribution in [0.3, 0.4) is 0 Å². The van der Waals surface area contributed by atoms with Crippen LogP contribution in [0, 0.1) is 0 Å². The van der Waals surface area contributed by atoms with Crippen LogP contribution >= 0.6 is 11.3 Å². The summed E-state index contributed by atoms with van der Waals surface area (Å²) in [7, 11) is -3.49. The third-order valence-corrected chi connectivity index (χ3v) is 8.43. The van der Waals surface area contributed by atoms with Gasteiger partial charge in [-0.05, 0) is 42.2 Å². The topological polar surface area (TPSA) is 79.3 Å². The van der Waals surface area contributed by atoms with Gasteiger partial charge in [-0.1, -0.05) is 43.4 Å². The summed E-state index contributed by atoms with van der Waals surface area (Å²) in [6, 6.07) is 13.0. The maximum Gasteiger partial charge on any atom is 0.243 e. The molecule has 0 spiro atoms. The van der Waals surface area contributed by atoms with Gasteiger partial charge in [0.05, 0.1) is 4.90 Å². The molecule has 158 valence electrons. The van der Waals surface area contributed by atoms with Gasteiger partial charge >= 0.3 is 0 Å². The molecular weight excluding hydrogens is 418 g/mol. The van der Waals surface area contributed by atoms with E-state index in [1.807, 2.05) is 30.3 Å². The molecule has 0 radical (unpaired) electrons. The van der Waals surface area contributed by atoms with Gasteiger partial charge in [-0.2, -0.15) is 4.31 Å². The molecule has 1 aromatic carbocycles. The number of nitrogens with zero attached hydrogens (tertiary/aromatic N) is 5. The molecule has 0 saturated carbocycles. The summed E-state index contributed by atoms with van der Waals surface area (Å²) in [5.74, 6) is 0.424. The van der Waals surface area contributed by atoms with E-state index in [1.165, 1.54) is 16.9 Å². The summed E-state index contributed by atoms with van der Waals surface area (Å²) in [5.41, 5.74) is 1.96. The van der Waals surface area contributed by atoms with Crippen LogP contribution in [0.4, 0.5) is 5.13 Å². The summed E-state index contributed by atoms with van der Waals surface area (Å²) < 4.78 is 27.6. The van der Waals surface area contributed by atoms with Crippen LogP contribution in [0.5, 0.6) is 0 Å². The molecule has 2 aromatic heterocycles. The molecule has 7 nitrogen and oxygen atoms in total. The van der Waals surface area contributed by atoms with Crippen LogP contribution in [-0.4, -0.2) is 54.1 Å². The number of aromatic nitrogens is 3. The van der Waals surface area contributed by atoms with Crippen molar-refractivity contribution in [3.8, 4) is 10.7 Å². The molecule has 3 aromatic rings. The van der Waals surface area contributed by atoms with E-state index in [0.29, 0.717) is 37.0 Å².